The second kappa shape index (κ2) is 9.69. The summed E-state index contributed by atoms with van der Waals surface area (Å²) >= 11 is 5.92. The summed E-state index contributed by atoms with van der Waals surface area (Å²) in [4.78, 5) is 16.1. The summed E-state index contributed by atoms with van der Waals surface area (Å²) in [7, 11) is 1.62. The molecule has 112 valence electrons. The van der Waals surface area contributed by atoms with Crippen molar-refractivity contribution in [2.75, 3.05) is 33.5 Å². The fraction of sp³-hybridized carbons (Fsp3) is 0.571. The van der Waals surface area contributed by atoms with Crippen LogP contribution in [0, 0.1) is 0 Å². The summed E-state index contributed by atoms with van der Waals surface area (Å²) in [6.07, 6.45) is 1.77. The van der Waals surface area contributed by atoms with Crippen LogP contribution in [0.15, 0.2) is 12.1 Å². The van der Waals surface area contributed by atoms with E-state index in [-0.39, 0.29) is 5.91 Å². The molecule has 0 atom stereocenters. The first-order chi connectivity index (χ1) is 9.67. The van der Waals surface area contributed by atoms with Gasteiger partial charge in [0.2, 0.25) is 0 Å². The van der Waals surface area contributed by atoms with Gasteiger partial charge in [-0.3, -0.25) is 4.79 Å². The predicted octanol–water partition coefficient (Wildman–Crippen LogP) is 2.08. The molecule has 5 nitrogen and oxygen atoms in total. The highest BCUT2D eigenvalue weighted by Crippen LogP contribution is 2.12. The number of nitrogens with zero attached hydrogens (tertiary/aromatic N) is 1. The van der Waals surface area contributed by atoms with Gasteiger partial charge < -0.3 is 14.8 Å². The molecular weight excluding hydrogens is 280 g/mol. The molecule has 0 fully saturated rings. The second-order valence-electron chi connectivity index (χ2n) is 4.28. The Bertz CT molecular complexity index is 427. The number of ether oxygens (including phenoxy) is 2. The molecule has 1 aromatic heterocycles. The van der Waals surface area contributed by atoms with Gasteiger partial charge >= 0.3 is 0 Å². The smallest absolute Gasteiger partial charge is 0.251 e. The number of nitrogens with one attached hydrogen (secondary N) is 1. The van der Waals surface area contributed by atoms with E-state index in [1.54, 1.807) is 19.2 Å². The van der Waals surface area contributed by atoms with Gasteiger partial charge in [0.1, 0.15) is 5.15 Å². The summed E-state index contributed by atoms with van der Waals surface area (Å²) in [6.45, 7) is 4.03. The van der Waals surface area contributed by atoms with E-state index in [1.807, 2.05) is 0 Å². The van der Waals surface area contributed by atoms with Crippen molar-refractivity contribution < 1.29 is 14.3 Å². The number of carbonyl (C=O) groups is 1. The summed E-state index contributed by atoms with van der Waals surface area (Å²) < 4.78 is 10.1. The van der Waals surface area contributed by atoms with Gasteiger partial charge in [-0.2, -0.15) is 0 Å². The first-order valence-corrected chi connectivity index (χ1v) is 7.06. The molecule has 0 aromatic carbocycles. The number of amides is 1. The van der Waals surface area contributed by atoms with E-state index in [0.717, 1.165) is 18.5 Å². The largest absolute Gasteiger partial charge is 0.382 e. The third-order valence-electron chi connectivity index (χ3n) is 2.58. The molecule has 1 N–H and O–H groups in total. The van der Waals surface area contributed by atoms with E-state index < -0.39 is 0 Å². The minimum atomic E-state index is -0.165. The normalized spacial score (nSPS) is 10.6. The molecule has 1 aromatic rings. The first-order valence-electron chi connectivity index (χ1n) is 6.68. The maximum atomic E-state index is 12.0. The summed E-state index contributed by atoms with van der Waals surface area (Å²) in [6, 6.07) is 3.35. The predicted molar refractivity (Wildman–Crippen MR) is 78.3 cm³/mol. The van der Waals surface area contributed by atoms with Crippen molar-refractivity contribution in [3.8, 4) is 0 Å². The SMILES string of the molecule is CCCc1cc(C(=O)NCCOCCOC)cc(Cl)n1. The summed E-state index contributed by atoms with van der Waals surface area (Å²) in [5.41, 5.74) is 1.37. The number of carbonyl (C=O) groups excluding carboxylic acids is 1. The molecule has 0 saturated carbocycles. The van der Waals surface area contributed by atoms with Gasteiger partial charge in [-0.15, -0.1) is 0 Å². The van der Waals surface area contributed by atoms with Crippen molar-refractivity contribution in [2.24, 2.45) is 0 Å². The summed E-state index contributed by atoms with van der Waals surface area (Å²) in [5, 5.41) is 3.13. The number of hydrogen-bond donors (Lipinski definition) is 1. The van der Waals surface area contributed by atoms with E-state index in [4.69, 9.17) is 21.1 Å². The van der Waals surface area contributed by atoms with Gasteiger partial charge in [-0.25, -0.2) is 4.98 Å². The Balaban J connectivity index is 2.42. The van der Waals surface area contributed by atoms with Crippen molar-refractivity contribution in [3.63, 3.8) is 0 Å². The molecule has 0 aliphatic heterocycles. The number of hydrogen-bond acceptors (Lipinski definition) is 4. The Labute approximate surface area is 124 Å². The second-order valence-corrected chi connectivity index (χ2v) is 4.67. The third kappa shape index (κ3) is 6.32. The molecule has 6 heteroatoms. The fourth-order valence-corrected chi connectivity index (χ4v) is 1.88. The Morgan fingerprint density at radius 1 is 1.35 bits per heavy atom. The van der Waals surface area contributed by atoms with Crippen LogP contribution in [0.5, 0.6) is 0 Å². The van der Waals surface area contributed by atoms with Crippen LogP contribution in [0.2, 0.25) is 5.15 Å². The molecule has 0 aliphatic rings. The zero-order valence-corrected chi connectivity index (χ0v) is 12.7. The molecule has 1 heterocycles. The van der Waals surface area contributed by atoms with Gasteiger partial charge in [0.25, 0.3) is 5.91 Å². The molecule has 1 amide bonds. The van der Waals surface area contributed by atoms with E-state index in [0.29, 0.717) is 37.1 Å². The number of aromatic nitrogens is 1. The molecule has 0 unspecified atom stereocenters. The van der Waals surface area contributed by atoms with E-state index in [9.17, 15) is 4.79 Å². The van der Waals surface area contributed by atoms with Gasteiger partial charge in [0, 0.05) is 24.9 Å². The average Bonchev–Trinajstić information content (AvgIpc) is 2.42. The highest BCUT2D eigenvalue weighted by Gasteiger charge is 2.08. The number of rotatable bonds is 9. The molecule has 0 radical (unpaired) electrons. The van der Waals surface area contributed by atoms with Crippen LogP contribution >= 0.6 is 11.6 Å². The summed E-state index contributed by atoms with van der Waals surface area (Å²) in [5.74, 6) is -0.165. The zero-order chi connectivity index (χ0) is 14.8. The molecule has 0 bridgehead atoms. The minimum Gasteiger partial charge on any atom is -0.382 e. The number of pyridine rings is 1. The lowest BCUT2D eigenvalue weighted by molar-refractivity contribution is 0.0692. The van der Waals surface area contributed by atoms with Gasteiger partial charge in [-0.05, 0) is 18.6 Å². The van der Waals surface area contributed by atoms with Crippen LogP contribution in [0.4, 0.5) is 0 Å². The lowest BCUT2D eigenvalue weighted by Gasteiger charge is -2.08. The monoisotopic (exact) mass is 300 g/mol. The van der Waals surface area contributed by atoms with Gasteiger partial charge in [0.15, 0.2) is 0 Å². The molecule has 1 rings (SSSR count). The van der Waals surface area contributed by atoms with Crippen LogP contribution in [-0.4, -0.2) is 44.4 Å². The van der Waals surface area contributed by atoms with Gasteiger partial charge in [-0.1, -0.05) is 24.9 Å². The number of halogens is 1. The number of aryl methyl sites for hydroxylation is 1. The van der Waals surface area contributed by atoms with Crippen LogP contribution < -0.4 is 5.32 Å². The van der Waals surface area contributed by atoms with E-state index >= 15 is 0 Å². The lowest BCUT2D eigenvalue weighted by atomic mass is 10.1. The van der Waals surface area contributed by atoms with E-state index in [1.165, 1.54) is 0 Å². The average molecular weight is 301 g/mol. The lowest BCUT2D eigenvalue weighted by Crippen LogP contribution is -2.27. The highest BCUT2D eigenvalue weighted by molar-refractivity contribution is 6.29. The zero-order valence-electron chi connectivity index (χ0n) is 11.9. The molecule has 20 heavy (non-hydrogen) atoms. The molecule has 0 saturated heterocycles. The Hall–Kier alpha value is -1.17. The Morgan fingerprint density at radius 3 is 2.85 bits per heavy atom. The molecule has 0 aliphatic carbocycles. The van der Waals surface area contributed by atoms with Crippen molar-refractivity contribution in [2.45, 2.75) is 19.8 Å². The topological polar surface area (TPSA) is 60.5 Å². The minimum absolute atomic E-state index is 0.165. The van der Waals surface area contributed by atoms with Crippen molar-refractivity contribution in [3.05, 3.63) is 28.5 Å². The van der Waals surface area contributed by atoms with Crippen LogP contribution in [0.3, 0.4) is 0 Å². The maximum absolute atomic E-state index is 12.0. The van der Waals surface area contributed by atoms with Crippen LogP contribution in [-0.2, 0) is 15.9 Å². The highest BCUT2D eigenvalue weighted by atomic mass is 35.5. The van der Waals surface area contributed by atoms with Crippen molar-refractivity contribution >= 4 is 17.5 Å². The van der Waals surface area contributed by atoms with Crippen LogP contribution in [0.1, 0.15) is 29.4 Å². The van der Waals surface area contributed by atoms with Crippen molar-refractivity contribution in [1.82, 2.24) is 10.3 Å². The third-order valence-corrected chi connectivity index (χ3v) is 2.77. The Morgan fingerprint density at radius 2 is 2.15 bits per heavy atom. The first kappa shape index (κ1) is 16.9. The number of methoxy groups -OCH3 is 1. The van der Waals surface area contributed by atoms with Crippen molar-refractivity contribution in [1.29, 1.82) is 0 Å². The van der Waals surface area contributed by atoms with Crippen LogP contribution in [0.25, 0.3) is 0 Å². The molecular formula is C14H21ClN2O3. The maximum Gasteiger partial charge on any atom is 0.251 e. The van der Waals surface area contributed by atoms with E-state index in [2.05, 4.69) is 17.2 Å². The quantitative estimate of drug-likeness (QED) is 0.560. The van der Waals surface area contributed by atoms with Gasteiger partial charge in [0.05, 0.1) is 19.8 Å². The molecule has 0 spiro atoms. The fourth-order valence-electron chi connectivity index (χ4n) is 1.65. The Kier molecular flexibility index (Phi) is 8.18. The standard InChI is InChI=1S/C14H21ClN2O3/c1-3-4-12-9-11(10-13(15)17-12)14(18)16-5-6-20-8-7-19-2/h9-10H,3-8H2,1-2H3,(H,16,18).